The van der Waals surface area contributed by atoms with E-state index >= 15 is 0 Å². The van der Waals surface area contributed by atoms with Crippen molar-refractivity contribution in [1.82, 2.24) is 4.90 Å². The highest BCUT2D eigenvalue weighted by Gasteiger charge is 2.60. The normalized spacial score (nSPS) is 39.8. The van der Waals surface area contributed by atoms with Crippen molar-refractivity contribution in [3.63, 3.8) is 0 Å². The van der Waals surface area contributed by atoms with E-state index in [1.165, 1.54) is 0 Å². The molecule has 2 saturated carbocycles. The van der Waals surface area contributed by atoms with Gasteiger partial charge in [0.25, 0.3) is 0 Å². The van der Waals surface area contributed by atoms with Crippen LogP contribution in [0.5, 0.6) is 0 Å². The van der Waals surface area contributed by atoms with Crippen LogP contribution < -0.4 is 0 Å². The summed E-state index contributed by atoms with van der Waals surface area (Å²) in [6, 6.07) is 0. The van der Waals surface area contributed by atoms with Crippen molar-refractivity contribution < 1.29 is 27.9 Å². The second-order valence-electron chi connectivity index (χ2n) is 6.12. The number of hydrogen-bond donors (Lipinski definition) is 1. The molecule has 3 aliphatic rings. The van der Waals surface area contributed by atoms with E-state index in [1.54, 1.807) is 0 Å². The first kappa shape index (κ1) is 13.7. The molecule has 1 heterocycles. The maximum absolute atomic E-state index is 12.9. The number of carboxylic acids is 1. The summed E-state index contributed by atoms with van der Waals surface area (Å²) in [5.74, 6) is -4.70. The van der Waals surface area contributed by atoms with Gasteiger partial charge in [-0.25, -0.2) is 0 Å². The van der Waals surface area contributed by atoms with Crippen LogP contribution in [0.3, 0.4) is 0 Å². The molecule has 4 atom stereocenters. The van der Waals surface area contributed by atoms with E-state index in [0.717, 1.165) is 24.2 Å². The smallest absolute Gasteiger partial charge is 0.394 e. The number of fused-ring (bicyclic) bond motifs is 1. The molecule has 112 valence electrons. The average molecular weight is 291 g/mol. The topological polar surface area (TPSA) is 57.6 Å². The highest BCUT2D eigenvalue weighted by atomic mass is 19.4. The summed E-state index contributed by atoms with van der Waals surface area (Å²) in [7, 11) is 0. The quantitative estimate of drug-likeness (QED) is 0.843. The maximum Gasteiger partial charge on any atom is 0.394 e. The summed E-state index contributed by atoms with van der Waals surface area (Å²) in [5.41, 5.74) is 0. The van der Waals surface area contributed by atoms with Crippen molar-refractivity contribution in [2.24, 2.45) is 29.6 Å². The van der Waals surface area contributed by atoms with Crippen LogP contribution in [0.1, 0.15) is 19.3 Å². The molecule has 2 aliphatic carbocycles. The molecule has 4 nitrogen and oxygen atoms in total. The SMILES string of the molecule is O=C(O)[C@@H]1CN(C(=O)C2C3CCCC32)C[C@H]1C(F)(F)F. The van der Waals surface area contributed by atoms with Crippen LogP contribution in [-0.4, -0.2) is 41.1 Å². The predicted octanol–water partition coefficient (Wildman–Crippen LogP) is 1.75. The molecule has 2 unspecified atom stereocenters. The van der Waals surface area contributed by atoms with Crippen LogP contribution in [0.2, 0.25) is 0 Å². The number of halogens is 3. The third kappa shape index (κ3) is 2.07. The monoisotopic (exact) mass is 291 g/mol. The number of alkyl halides is 3. The lowest BCUT2D eigenvalue weighted by atomic mass is 9.96. The van der Waals surface area contributed by atoms with Gasteiger partial charge in [-0.05, 0) is 24.7 Å². The summed E-state index contributed by atoms with van der Waals surface area (Å²) in [4.78, 5) is 24.3. The van der Waals surface area contributed by atoms with Gasteiger partial charge in [0.05, 0.1) is 11.8 Å². The van der Waals surface area contributed by atoms with Gasteiger partial charge in [0.2, 0.25) is 5.91 Å². The summed E-state index contributed by atoms with van der Waals surface area (Å²) >= 11 is 0. The summed E-state index contributed by atoms with van der Waals surface area (Å²) in [5, 5.41) is 8.92. The van der Waals surface area contributed by atoms with Crippen LogP contribution in [0.4, 0.5) is 13.2 Å². The van der Waals surface area contributed by atoms with Crippen LogP contribution in [0.25, 0.3) is 0 Å². The van der Waals surface area contributed by atoms with Crippen molar-refractivity contribution in [2.75, 3.05) is 13.1 Å². The Kier molecular flexibility index (Phi) is 2.99. The number of rotatable bonds is 2. The number of carbonyl (C=O) groups excluding carboxylic acids is 1. The number of amides is 1. The third-order valence-electron chi connectivity index (χ3n) is 5.06. The first-order valence-electron chi connectivity index (χ1n) is 6.89. The molecule has 0 aromatic rings. The standard InChI is InChI=1S/C13H16F3NO3/c14-13(15,16)9-5-17(4-8(9)12(19)20)11(18)10-6-2-1-3-7(6)10/h6-10H,1-5H2,(H,19,20)/t6?,7?,8-,9-,10?/m1/s1. The minimum Gasteiger partial charge on any atom is -0.481 e. The number of nitrogens with zero attached hydrogens (tertiary/aromatic N) is 1. The van der Waals surface area contributed by atoms with E-state index in [0.29, 0.717) is 11.8 Å². The van der Waals surface area contributed by atoms with E-state index in [9.17, 15) is 22.8 Å². The Morgan fingerprint density at radius 2 is 1.70 bits per heavy atom. The molecule has 0 spiro atoms. The number of carbonyl (C=O) groups is 2. The lowest BCUT2D eigenvalue weighted by molar-refractivity contribution is -0.188. The molecule has 3 rings (SSSR count). The zero-order valence-electron chi connectivity index (χ0n) is 10.8. The molecule has 0 radical (unpaired) electrons. The van der Waals surface area contributed by atoms with Gasteiger partial charge in [-0.1, -0.05) is 6.42 Å². The first-order chi connectivity index (χ1) is 9.30. The molecular weight excluding hydrogens is 275 g/mol. The van der Waals surface area contributed by atoms with Crippen LogP contribution >= 0.6 is 0 Å². The van der Waals surface area contributed by atoms with Crippen LogP contribution in [0, 0.1) is 29.6 Å². The van der Waals surface area contributed by atoms with Gasteiger partial charge in [0, 0.05) is 19.0 Å². The lowest BCUT2D eigenvalue weighted by Gasteiger charge is -2.19. The number of likely N-dealkylation sites (tertiary alicyclic amines) is 1. The minimum absolute atomic E-state index is 0.148. The number of carboxylic acid groups (broad SMARTS) is 1. The number of hydrogen-bond acceptors (Lipinski definition) is 2. The van der Waals surface area contributed by atoms with Gasteiger partial charge >= 0.3 is 12.1 Å². The highest BCUT2D eigenvalue weighted by Crippen LogP contribution is 2.58. The largest absolute Gasteiger partial charge is 0.481 e. The van der Waals surface area contributed by atoms with E-state index < -0.39 is 30.5 Å². The fourth-order valence-corrected chi connectivity index (χ4v) is 3.96. The van der Waals surface area contributed by atoms with Crippen LogP contribution in [-0.2, 0) is 9.59 Å². The van der Waals surface area contributed by atoms with Crippen molar-refractivity contribution in [1.29, 1.82) is 0 Å². The zero-order chi connectivity index (χ0) is 14.7. The van der Waals surface area contributed by atoms with E-state index in [4.69, 9.17) is 5.11 Å². The van der Waals surface area contributed by atoms with Gasteiger partial charge < -0.3 is 10.0 Å². The molecule has 20 heavy (non-hydrogen) atoms. The Bertz CT molecular complexity index is 441. The van der Waals surface area contributed by atoms with Crippen molar-refractivity contribution in [3.05, 3.63) is 0 Å². The molecular formula is C13H16F3NO3. The fraction of sp³-hybridized carbons (Fsp3) is 0.846. The molecule has 1 N–H and O–H groups in total. The zero-order valence-corrected chi connectivity index (χ0v) is 10.8. The van der Waals surface area contributed by atoms with Gasteiger partial charge in [-0.2, -0.15) is 13.2 Å². The molecule has 1 aliphatic heterocycles. The van der Waals surface area contributed by atoms with Gasteiger partial charge in [-0.3, -0.25) is 9.59 Å². The summed E-state index contributed by atoms with van der Waals surface area (Å²) in [6.45, 7) is -0.816. The maximum atomic E-state index is 12.9. The van der Waals surface area contributed by atoms with Crippen molar-refractivity contribution in [2.45, 2.75) is 25.4 Å². The first-order valence-corrected chi connectivity index (χ1v) is 6.89. The second-order valence-corrected chi connectivity index (χ2v) is 6.12. The minimum atomic E-state index is -4.57. The van der Waals surface area contributed by atoms with E-state index in [-0.39, 0.29) is 18.4 Å². The number of aliphatic carboxylic acids is 1. The van der Waals surface area contributed by atoms with Gasteiger partial charge in [-0.15, -0.1) is 0 Å². The Morgan fingerprint density at radius 3 is 2.15 bits per heavy atom. The van der Waals surface area contributed by atoms with Crippen molar-refractivity contribution in [3.8, 4) is 0 Å². The molecule has 7 heteroatoms. The van der Waals surface area contributed by atoms with E-state index in [2.05, 4.69) is 0 Å². The molecule has 3 fully saturated rings. The Balaban J connectivity index is 1.70. The molecule has 1 saturated heterocycles. The molecule has 0 aromatic carbocycles. The summed E-state index contributed by atoms with van der Waals surface area (Å²) < 4.78 is 38.6. The lowest BCUT2D eigenvalue weighted by Crippen LogP contribution is -2.34. The second kappa shape index (κ2) is 4.36. The third-order valence-corrected chi connectivity index (χ3v) is 5.06. The molecule has 1 amide bonds. The predicted molar refractivity (Wildman–Crippen MR) is 61.6 cm³/mol. The fourth-order valence-electron chi connectivity index (χ4n) is 3.96. The molecule has 0 bridgehead atoms. The van der Waals surface area contributed by atoms with E-state index in [1.807, 2.05) is 0 Å². The Labute approximate surface area is 113 Å². The van der Waals surface area contributed by atoms with Crippen LogP contribution in [0.15, 0.2) is 0 Å². The average Bonchev–Trinajstić information content (AvgIpc) is 2.79. The van der Waals surface area contributed by atoms with Gasteiger partial charge in [0.15, 0.2) is 0 Å². The van der Waals surface area contributed by atoms with Gasteiger partial charge in [0.1, 0.15) is 0 Å². The Morgan fingerprint density at radius 1 is 1.10 bits per heavy atom. The summed E-state index contributed by atoms with van der Waals surface area (Å²) in [6.07, 6.45) is -1.54. The Hall–Kier alpha value is -1.27. The highest BCUT2D eigenvalue weighted by molar-refractivity contribution is 5.84. The van der Waals surface area contributed by atoms with Crippen molar-refractivity contribution >= 4 is 11.9 Å². The molecule has 0 aromatic heterocycles.